The van der Waals surface area contributed by atoms with E-state index in [9.17, 15) is 14.9 Å². The number of nitrogens with one attached hydrogen (secondary N) is 1. The smallest absolute Gasteiger partial charge is 0.271 e. The van der Waals surface area contributed by atoms with Gasteiger partial charge in [-0.1, -0.05) is 6.92 Å². The van der Waals surface area contributed by atoms with Crippen LogP contribution in [0.2, 0.25) is 0 Å². The number of nitro groups is 1. The molecule has 8 nitrogen and oxygen atoms in total. The number of fused-ring (bicyclic) bond motifs is 1. The van der Waals surface area contributed by atoms with Gasteiger partial charge in [-0.2, -0.15) is 5.10 Å². The molecule has 0 saturated carbocycles. The third kappa shape index (κ3) is 2.25. The zero-order valence-corrected chi connectivity index (χ0v) is 10.2. The molecule has 19 heavy (non-hydrogen) atoms. The highest BCUT2D eigenvalue weighted by molar-refractivity contribution is 5.85. The number of nitrogens with zero attached hydrogens (tertiary/aromatic N) is 3. The predicted octanol–water partition coefficient (Wildman–Crippen LogP) is 0.886. The minimum absolute atomic E-state index is 0.0442. The number of rotatable bonds is 4. The summed E-state index contributed by atoms with van der Waals surface area (Å²) in [6.45, 7) is 1.81. The molecule has 1 aromatic heterocycles. The molecular weight excluding hydrogens is 250 g/mol. The van der Waals surface area contributed by atoms with Crippen LogP contribution in [0.4, 0.5) is 5.69 Å². The predicted molar refractivity (Wildman–Crippen MR) is 68.0 cm³/mol. The maximum atomic E-state index is 11.7. The minimum Gasteiger partial charge on any atom is -0.292 e. The number of benzene rings is 1. The first-order chi connectivity index (χ1) is 9.08. The third-order valence-corrected chi connectivity index (χ3v) is 2.92. The van der Waals surface area contributed by atoms with Crippen LogP contribution in [0.1, 0.15) is 19.4 Å². The summed E-state index contributed by atoms with van der Waals surface area (Å²) >= 11 is 0. The van der Waals surface area contributed by atoms with E-state index in [4.69, 9.17) is 5.84 Å². The highest BCUT2D eigenvalue weighted by Gasteiger charge is 2.21. The Morgan fingerprint density at radius 1 is 1.63 bits per heavy atom. The van der Waals surface area contributed by atoms with Crippen LogP contribution in [0.25, 0.3) is 10.9 Å². The van der Waals surface area contributed by atoms with Gasteiger partial charge < -0.3 is 0 Å². The van der Waals surface area contributed by atoms with Crippen molar-refractivity contribution < 1.29 is 9.72 Å². The Morgan fingerprint density at radius 2 is 2.37 bits per heavy atom. The van der Waals surface area contributed by atoms with E-state index in [1.54, 1.807) is 12.3 Å². The van der Waals surface area contributed by atoms with Crippen LogP contribution in [0.15, 0.2) is 24.4 Å². The normalized spacial score (nSPS) is 12.3. The molecule has 0 aliphatic rings. The summed E-state index contributed by atoms with van der Waals surface area (Å²) < 4.78 is 1.45. The van der Waals surface area contributed by atoms with Gasteiger partial charge in [-0.05, 0) is 12.5 Å². The molecule has 1 atom stereocenters. The molecule has 0 bridgehead atoms. The summed E-state index contributed by atoms with van der Waals surface area (Å²) in [5.41, 5.74) is 2.56. The Labute approximate surface area is 108 Å². The van der Waals surface area contributed by atoms with Crippen LogP contribution in [-0.4, -0.2) is 20.6 Å². The van der Waals surface area contributed by atoms with E-state index in [1.165, 1.54) is 16.8 Å². The van der Waals surface area contributed by atoms with Gasteiger partial charge in [-0.25, -0.2) is 5.84 Å². The number of hydrogen-bond acceptors (Lipinski definition) is 5. The van der Waals surface area contributed by atoms with E-state index >= 15 is 0 Å². The van der Waals surface area contributed by atoms with Gasteiger partial charge in [0.15, 0.2) is 0 Å². The third-order valence-electron chi connectivity index (χ3n) is 2.92. The minimum atomic E-state index is -0.593. The number of non-ortho nitro benzene ring substituents is 1. The second kappa shape index (κ2) is 5.02. The van der Waals surface area contributed by atoms with Crippen molar-refractivity contribution in [1.82, 2.24) is 15.2 Å². The summed E-state index contributed by atoms with van der Waals surface area (Å²) in [6, 6.07) is 3.81. The molecule has 1 aromatic carbocycles. The summed E-state index contributed by atoms with van der Waals surface area (Å²) in [7, 11) is 0. The van der Waals surface area contributed by atoms with Crippen molar-refractivity contribution in [1.29, 1.82) is 0 Å². The lowest BCUT2D eigenvalue weighted by atomic mass is 10.2. The number of hydrazine groups is 1. The largest absolute Gasteiger partial charge is 0.292 e. The maximum absolute atomic E-state index is 11.7. The summed E-state index contributed by atoms with van der Waals surface area (Å²) in [5.74, 6) is 4.74. The van der Waals surface area contributed by atoms with Gasteiger partial charge in [0, 0.05) is 17.5 Å². The van der Waals surface area contributed by atoms with Crippen LogP contribution < -0.4 is 11.3 Å². The molecule has 0 aliphatic heterocycles. The number of carbonyl (C=O) groups excluding carboxylic acids is 1. The first-order valence-electron chi connectivity index (χ1n) is 5.70. The van der Waals surface area contributed by atoms with E-state index in [2.05, 4.69) is 10.5 Å². The first kappa shape index (κ1) is 13.0. The van der Waals surface area contributed by atoms with Crippen molar-refractivity contribution >= 4 is 22.5 Å². The molecular formula is C11H13N5O3. The van der Waals surface area contributed by atoms with Crippen molar-refractivity contribution in [3.63, 3.8) is 0 Å². The molecule has 1 amide bonds. The molecule has 3 N–H and O–H groups in total. The van der Waals surface area contributed by atoms with Crippen molar-refractivity contribution in [3.8, 4) is 0 Å². The first-order valence-corrected chi connectivity index (χ1v) is 5.70. The molecule has 0 fully saturated rings. The molecule has 1 heterocycles. The SMILES string of the molecule is CCC(C(=O)NN)n1ncc2ccc([N+](=O)[O-])cc21. The quantitative estimate of drug-likeness (QED) is 0.367. The van der Waals surface area contributed by atoms with Gasteiger partial charge >= 0.3 is 0 Å². The fourth-order valence-electron chi connectivity index (χ4n) is 1.95. The second-order valence-corrected chi connectivity index (χ2v) is 4.02. The summed E-state index contributed by atoms with van der Waals surface area (Å²) in [6.07, 6.45) is 2.04. The molecule has 0 aliphatic carbocycles. The van der Waals surface area contributed by atoms with Gasteiger partial charge in [0.2, 0.25) is 0 Å². The highest BCUT2D eigenvalue weighted by atomic mass is 16.6. The van der Waals surface area contributed by atoms with E-state index < -0.39 is 11.0 Å². The average Bonchev–Trinajstić information content (AvgIpc) is 2.82. The fourth-order valence-corrected chi connectivity index (χ4v) is 1.95. The number of nitrogens with two attached hydrogens (primary N) is 1. The van der Waals surface area contributed by atoms with Crippen molar-refractivity contribution in [2.24, 2.45) is 5.84 Å². The van der Waals surface area contributed by atoms with E-state index in [0.29, 0.717) is 11.9 Å². The number of hydrogen-bond donors (Lipinski definition) is 2. The zero-order chi connectivity index (χ0) is 14.0. The van der Waals surface area contributed by atoms with Crippen molar-refractivity contribution in [2.75, 3.05) is 0 Å². The zero-order valence-electron chi connectivity index (χ0n) is 10.2. The molecule has 0 radical (unpaired) electrons. The van der Waals surface area contributed by atoms with Crippen LogP contribution >= 0.6 is 0 Å². The summed E-state index contributed by atoms with van der Waals surface area (Å²) in [5, 5.41) is 15.6. The van der Waals surface area contributed by atoms with Gasteiger partial charge in [0.05, 0.1) is 16.6 Å². The van der Waals surface area contributed by atoms with Crippen LogP contribution in [0.3, 0.4) is 0 Å². The van der Waals surface area contributed by atoms with Gasteiger partial charge in [-0.3, -0.25) is 25.0 Å². The average molecular weight is 263 g/mol. The Balaban J connectivity index is 2.56. The van der Waals surface area contributed by atoms with Crippen molar-refractivity contribution in [2.45, 2.75) is 19.4 Å². The van der Waals surface area contributed by atoms with Gasteiger partial charge in [0.25, 0.3) is 11.6 Å². The second-order valence-electron chi connectivity index (χ2n) is 4.02. The van der Waals surface area contributed by atoms with E-state index in [1.807, 2.05) is 6.92 Å². The molecule has 8 heteroatoms. The van der Waals surface area contributed by atoms with Gasteiger partial charge in [0.1, 0.15) is 6.04 Å². The van der Waals surface area contributed by atoms with E-state index in [-0.39, 0.29) is 11.6 Å². The topological polar surface area (TPSA) is 116 Å². The monoisotopic (exact) mass is 263 g/mol. The Bertz CT molecular complexity index is 636. The maximum Gasteiger partial charge on any atom is 0.271 e. The van der Waals surface area contributed by atoms with E-state index in [0.717, 1.165) is 5.39 Å². The highest BCUT2D eigenvalue weighted by Crippen LogP contribution is 2.24. The fraction of sp³-hybridized carbons (Fsp3) is 0.273. The molecule has 2 rings (SSSR count). The molecule has 100 valence electrons. The van der Waals surface area contributed by atoms with Crippen LogP contribution in [0, 0.1) is 10.1 Å². The molecule has 2 aromatic rings. The molecule has 0 saturated heterocycles. The number of amides is 1. The molecule has 1 unspecified atom stereocenters. The number of nitro benzene ring substituents is 1. The molecule has 0 spiro atoms. The lowest BCUT2D eigenvalue weighted by molar-refractivity contribution is -0.384. The Kier molecular flexibility index (Phi) is 3.43. The van der Waals surface area contributed by atoms with Gasteiger partial charge in [-0.15, -0.1) is 0 Å². The number of carbonyl (C=O) groups is 1. The van der Waals surface area contributed by atoms with Crippen LogP contribution in [-0.2, 0) is 4.79 Å². The van der Waals surface area contributed by atoms with Crippen molar-refractivity contribution in [3.05, 3.63) is 34.5 Å². The standard InChI is InChI=1S/C11H13N5O3/c1-2-9(11(17)14-12)15-10-5-8(16(18)19)4-3-7(10)6-13-15/h3-6,9H,2,12H2,1H3,(H,14,17). The lowest BCUT2D eigenvalue weighted by Crippen LogP contribution is -2.37. The Morgan fingerprint density at radius 3 is 2.95 bits per heavy atom. The lowest BCUT2D eigenvalue weighted by Gasteiger charge is -2.14. The summed E-state index contributed by atoms with van der Waals surface area (Å²) in [4.78, 5) is 22.0. The Hall–Kier alpha value is -2.48. The number of aromatic nitrogens is 2. The van der Waals surface area contributed by atoms with Crippen LogP contribution in [0.5, 0.6) is 0 Å².